The van der Waals surface area contributed by atoms with Crippen molar-refractivity contribution in [2.45, 2.75) is 5.03 Å². The quantitative estimate of drug-likeness (QED) is 0.693. The Kier molecular flexibility index (Phi) is 2.89. The van der Waals surface area contributed by atoms with Crippen LogP contribution < -0.4 is 5.73 Å². The Labute approximate surface area is 68.0 Å². The fraction of sp³-hybridized carbons (Fsp3) is 0.167. The molecule has 10 heavy (non-hydrogen) atoms. The Morgan fingerprint density at radius 2 is 2.30 bits per heavy atom. The summed E-state index contributed by atoms with van der Waals surface area (Å²) in [6.07, 6.45) is 2.01. The van der Waals surface area contributed by atoms with E-state index in [1.165, 1.54) is 0 Å². The zero-order valence-electron chi connectivity index (χ0n) is 5.57. The maximum atomic E-state index is 5.46. The van der Waals surface area contributed by atoms with Crippen molar-refractivity contribution < 1.29 is 0 Å². The van der Waals surface area contributed by atoms with E-state index in [-0.39, 0.29) is 0 Å². The van der Waals surface area contributed by atoms with Gasteiger partial charge in [0.25, 0.3) is 0 Å². The maximum absolute atomic E-state index is 5.46. The number of nitrogen functional groups attached to an aromatic ring is 1. The minimum absolute atomic E-state index is 0.582. The van der Waals surface area contributed by atoms with Crippen molar-refractivity contribution in [2.75, 3.05) is 12.0 Å². The third kappa shape index (κ3) is 2.11. The van der Waals surface area contributed by atoms with Gasteiger partial charge in [-0.25, -0.2) is 4.98 Å². The Bertz CT molecular complexity index is 215. The molecule has 0 aliphatic rings. The molecule has 4 heteroatoms. The summed E-state index contributed by atoms with van der Waals surface area (Å²) in [6.45, 7) is 0. The second kappa shape index (κ2) is 3.73. The van der Waals surface area contributed by atoms with E-state index in [0.717, 1.165) is 5.03 Å². The number of aromatic nitrogens is 1. The second-order valence-corrected chi connectivity index (χ2v) is 4.07. The summed E-state index contributed by atoms with van der Waals surface area (Å²) in [4.78, 5) is 4.08. The highest BCUT2D eigenvalue weighted by Crippen LogP contribution is 2.26. The summed E-state index contributed by atoms with van der Waals surface area (Å²) >= 11 is 0. The molecule has 0 amide bonds. The molecule has 0 saturated heterocycles. The van der Waals surface area contributed by atoms with E-state index in [4.69, 9.17) is 5.73 Å². The monoisotopic (exact) mass is 172 g/mol. The molecule has 0 bridgehead atoms. The molecule has 1 aromatic rings. The van der Waals surface area contributed by atoms with Crippen LogP contribution >= 0.6 is 21.6 Å². The Morgan fingerprint density at radius 3 is 2.90 bits per heavy atom. The van der Waals surface area contributed by atoms with Gasteiger partial charge in [0.1, 0.15) is 10.8 Å². The lowest BCUT2D eigenvalue weighted by molar-refractivity contribution is 1.15. The molecule has 0 unspecified atom stereocenters. The predicted molar refractivity (Wildman–Crippen MR) is 48.0 cm³/mol. The highest BCUT2D eigenvalue weighted by atomic mass is 33.1. The molecule has 2 nitrogen and oxygen atoms in total. The van der Waals surface area contributed by atoms with E-state index in [2.05, 4.69) is 4.98 Å². The number of hydrogen-bond acceptors (Lipinski definition) is 4. The topological polar surface area (TPSA) is 38.9 Å². The first-order chi connectivity index (χ1) is 4.83. The fourth-order valence-corrected chi connectivity index (χ4v) is 1.80. The van der Waals surface area contributed by atoms with Crippen molar-refractivity contribution in [2.24, 2.45) is 0 Å². The lowest BCUT2D eigenvalue weighted by atomic mass is 10.5. The molecule has 0 spiro atoms. The van der Waals surface area contributed by atoms with Gasteiger partial charge in [0.2, 0.25) is 0 Å². The Hall–Kier alpha value is -0.350. The molecule has 1 rings (SSSR count). The average Bonchev–Trinajstić information content (AvgIpc) is 1.88. The fourth-order valence-electron chi connectivity index (χ4n) is 0.563. The van der Waals surface area contributed by atoms with Crippen molar-refractivity contribution in [1.29, 1.82) is 0 Å². The molecule has 0 atom stereocenters. The zero-order valence-corrected chi connectivity index (χ0v) is 7.21. The Balaban J connectivity index is 2.75. The number of hydrogen-bond donors (Lipinski definition) is 1. The van der Waals surface area contributed by atoms with Crippen LogP contribution in [0, 0.1) is 0 Å². The number of anilines is 1. The van der Waals surface area contributed by atoms with Crippen LogP contribution in [-0.4, -0.2) is 11.2 Å². The van der Waals surface area contributed by atoms with Crippen LogP contribution in [0.15, 0.2) is 23.2 Å². The van der Waals surface area contributed by atoms with Gasteiger partial charge in [-0.1, -0.05) is 16.9 Å². The van der Waals surface area contributed by atoms with Crippen molar-refractivity contribution in [3.05, 3.63) is 18.2 Å². The zero-order chi connectivity index (χ0) is 7.40. The first kappa shape index (κ1) is 7.75. The van der Waals surface area contributed by atoms with Crippen LogP contribution in [0.4, 0.5) is 5.82 Å². The molecule has 1 heterocycles. The van der Waals surface area contributed by atoms with Crippen molar-refractivity contribution in [3.63, 3.8) is 0 Å². The summed E-state index contributed by atoms with van der Waals surface area (Å²) < 4.78 is 0. The van der Waals surface area contributed by atoms with E-state index in [0.29, 0.717) is 5.82 Å². The standard InChI is InChI=1S/C6H8N2S2/c1-9-10-6-4-2-3-5(7)8-6/h2-4H,1H3,(H2,7,8). The van der Waals surface area contributed by atoms with Gasteiger partial charge >= 0.3 is 0 Å². The third-order valence-corrected chi connectivity index (χ3v) is 2.49. The molecule has 54 valence electrons. The normalized spacial score (nSPS) is 9.70. The van der Waals surface area contributed by atoms with Gasteiger partial charge in [0, 0.05) is 0 Å². The van der Waals surface area contributed by atoms with Gasteiger partial charge in [-0.05, 0) is 29.2 Å². The molecule has 0 aliphatic carbocycles. The van der Waals surface area contributed by atoms with Gasteiger partial charge in [-0.3, -0.25) is 0 Å². The van der Waals surface area contributed by atoms with Crippen LogP contribution in [-0.2, 0) is 0 Å². The van der Waals surface area contributed by atoms with Crippen LogP contribution in [0.2, 0.25) is 0 Å². The predicted octanol–water partition coefficient (Wildman–Crippen LogP) is 2.03. The minimum Gasteiger partial charge on any atom is -0.384 e. The van der Waals surface area contributed by atoms with Gasteiger partial charge < -0.3 is 5.73 Å². The highest BCUT2D eigenvalue weighted by molar-refractivity contribution is 8.76. The van der Waals surface area contributed by atoms with Crippen LogP contribution in [0.5, 0.6) is 0 Å². The minimum atomic E-state index is 0.582. The molecular weight excluding hydrogens is 164 g/mol. The number of nitrogens with zero attached hydrogens (tertiary/aromatic N) is 1. The largest absolute Gasteiger partial charge is 0.384 e. The van der Waals surface area contributed by atoms with Crippen molar-refractivity contribution in [1.82, 2.24) is 4.98 Å². The van der Waals surface area contributed by atoms with Gasteiger partial charge in [-0.2, -0.15) is 0 Å². The molecule has 0 saturated carbocycles. The van der Waals surface area contributed by atoms with Crippen molar-refractivity contribution >= 4 is 27.4 Å². The summed E-state index contributed by atoms with van der Waals surface area (Å²) in [5.74, 6) is 0.582. The molecule has 0 aromatic carbocycles. The smallest absolute Gasteiger partial charge is 0.124 e. The maximum Gasteiger partial charge on any atom is 0.124 e. The first-order valence-corrected chi connectivity index (χ1v) is 5.32. The molecule has 2 N–H and O–H groups in total. The summed E-state index contributed by atoms with van der Waals surface area (Å²) in [6, 6.07) is 5.63. The molecule has 0 radical (unpaired) electrons. The second-order valence-electron chi connectivity index (χ2n) is 1.65. The Morgan fingerprint density at radius 1 is 1.50 bits per heavy atom. The van der Waals surface area contributed by atoms with E-state index in [9.17, 15) is 0 Å². The molecule has 0 fully saturated rings. The van der Waals surface area contributed by atoms with Crippen LogP contribution in [0.3, 0.4) is 0 Å². The van der Waals surface area contributed by atoms with Gasteiger partial charge in [0.05, 0.1) is 0 Å². The average molecular weight is 172 g/mol. The SMILES string of the molecule is CSSc1cccc(N)n1. The number of rotatable bonds is 2. The van der Waals surface area contributed by atoms with E-state index in [1.807, 2.05) is 18.4 Å². The van der Waals surface area contributed by atoms with Crippen LogP contribution in [0.1, 0.15) is 0 Å². The summed E-state index contributed by atoms with van der Waals surface area (Å²) in [7, 11) is 3.28. The first-order valence-electron chi connectivity index (χ1n) is 2.76. The van der Waals surface area contributed by atoms with Gasteiger partial charge in [-0.15, -0.1) is 0 Å². The lowest BCUT2D eigenvalue weighted by Crippen LogP contribution is -1.88. The lowest BCUT2D eigenvalue weighted by Gasteiger charge is -1.95. The van der Waals surface area contributed by atoms with E-state index >= 15 is 0 Å². The molecule has 1 aromatic heterocycles. The van der Waals surface area contributed by atoms with Gasteiger partial charge in [0.15, 0.2) is 0 Å². The van der Waals surface area contributed by atoms with Crippen molar-refractivity contribution in [3.8, 4) is 0 Å². The summed E-state index contributed by atoms with van der Waals surface area (Å²) in [5, 5.41) is 0.965. The van der Waals surface area contributed by atoms with E-state index < -0.39 is 0 Å². The summed E-state index contributed by atoms with van der Waals surface area (Å²) in [5.41, 5.74) is 5.46. The highest BCUT2D eigenvalue weighted by Gasteiger charge is 1.92. The van der Waals surface area contributed by atoms with Crippen LogP contribution in [0.25, 0.3) is 0 Å². The number of nitrogens with two attached hydrogens (primary N) is 1. The van der Waals surface area contributed by atoms with E-state index in [1.54, 1.807) is 27.7 Å². The molecule has 0 aliphatic heterocycles. The molecular formula is C6H8N2S2. The number of pyridine rings is 1. The third-order valence-electron chi connectivity index (χ3n) is 0.914.